The number of pyridine rings is 1. The second-order valence-corrected chi connectivity index (χ2v) is 5.60. The predicted molar refractivity (Wildman–Crippen MR) is 70.8 cm³/mol. The smallest absolute Gasteiger partial charge is 0.0541 e. The first kappa shape index (κ1) is 11.9. The summed E-state index contributed by atoms with van der Waals surface area (Å²) in [5.74, 6) is 0. The molecule has 3 heteroatoms. The highest BCUT2D eigenvalue weighted by Crippen LogP contribution is 2.28. The van der Waals surface area contributed by atoms with Gasteiger partial charge in [-0.1, -0.05) is 12.5 Å². The van der Waals surface area contributed by atoms with E-state index in [-0.39, 0.29) is 0 Å². The number of nitrogens with one attached hydrogen (secondary N) is 1. The van der Waals surface area contributed by atoms with Crippen LogP contribution in [0.25, 0.3) is 0 Å². The maximum atomic E-state index is 4.42. The minimum absolute atomic E-state index is 0.679. The van der Waals surface area contributed by atoms with Crippen molar-refractivity contribution in [1.82, 2.24) is 10.3 Å². The van der Waals surface area contributed by atoms with E-state index in [0.29, 0.717) is 6.04 Å². The van der Waals surface area contributed by atoms with Gasteiger partial charge in [0.05, 0.1) is 5.69 Å². The molecule has 16 heavy (non-hydrogen) atoms. The third-order valence-electron chi connectivity index (χ3n) is 3.27. The van der Waals surface area contributed by atoms with Crippen molar-refractivity contribution < 1.29 is 0 Å². The van der Waals surface area contributed by atoms with E-state index < -0.39 is 0 Å². The molecule has 0 aromatic carbocycles. The molecule has 0 bridgehead atoms. The van der Waals surface area contributed by atoms with Gasteiger partial charge in [0.15, 0.2) is 0 Å². The van der Waals surface area contributed by atoms with E-state index >= 15 is 0 Å². The quantitative estimate of drug-likeness (QED) is 0.870. The van der Waals surface area contributed by atoms with Gasteiger partial charge in [-0.2, -0.15) is 11.8 Å². The molecule has 1 aliphatic carbocycles. The summed E-state index contributed by atoms with van der Waals surface area (Å²) >= 11 is 2.00. The van der Waals surface area contributed by atoms with Gasteiger partial charge in [-0.15, -0.1) is 0 Å². The van der Waals surface area contributed by atoms with Crippen molar-refractivity contribution in [2.45, 2.75) is 44.0 Å². The molecule has 0 saturated heterocycles. The van der Waals surface area contributed by atoms with Crippen molar-refractivity contribution in [1.29, 1.82) is 0 Å². The number of aryl methyl sites for hydroxylation is 1. The van der Waals surface area contributed by atoms with E-state index in [0.717, 1.165) is 17.5 Å². The molecule has 0 spiro atoms. The Hall–Kier alpha value is -0.540. The molecular weight excluding hydrogens is 216 g/mol. The molecule has 2 nitrogen and oxygen atoms in total. The highest BCUT2D eigenvalue weighted by atomic mass is 32.2. The lowest BCUT2D eigenvalue weighted by Gasteiger charge is -2.18. The van der Waals surface area contributed by atoms with Crippen molar-refractivity contribution in [3.05, 3.63) is 29.6 Å². The number of nitrogens with zero attached hydrogens (tertiary/aromatic N) is 1. The molecule has 1 aromatic heterocycles. The largest absolute Gasteiger partial charge is 0.307 e. The molecule has 88 valence electrons. The summed E-state index contributed by atoms with van der Waals surface area (Å²) in [6.45, 7) is 2.98. The fourth-order valence-corrected chi connectivity index (χ4v) is 3.24. The first-order chi connectivity index (χ1) is 7.79. The lowest BCUT2D eigenvalue weighted by atomic mass is 10.2. The standard InChI is InChI=1S/C13H20N2S/c1-10-6-7-11(14-8-10)9-15-12-4-3-5-13(12)16-2/h6-8,12-13,15H,3-5,9H2,1-2H3. The van der Waals surface area contributed by atoms with Crippen molar-refractivity contribution in [2.24, 2.45) is 0 Å². The van der Waals surface area contributed by atoms with Crippen LogP contribution in [0.1, 0.15) is 30.5 Å². The van der Waals surface area contributed by atoms with E-state index in [1.54, 1.807) is 0 Å². The fourth-order valence-electron chi connectivity index (χ4n) is 2.28. The van der Waals surface area contributed by atoms with Crippen LogP contribution >= 0.6 is 11.8 Å². The SMILES string of the molecule is CSC1CCCC1NCc1ccc(C)cn1. The molecule has 1 fully saturated rings. The summed E-state index contributed by atoms with van der Waals surface area (Å²) in [5, 5.41) is 4.43. The van der Waals surface area contributed by atoms with E-state index in [2.05, 4.69) is 35.6 Å². The number of aromatic nitrogens is 1. The topological polar surface area (TPSA) is 24.9 Å². The van der Waals surface area contributed by atoms with Gasteiger partial charge in [-0.05, 0) is 37.7 Å². The summed E-state index contributed by atoms with van der Waals surface area (Å²) in [4.78, 5) is 4.42. The summed E-state index contributed by atoms with van der Waals surface area (Å²) in [7, 11) is 0. The predicted octanol–water partition coefficient (Wildman–Crippen LogP) is 2.76. The highest BCUT2D eigenvalue weighted by Gasteiger charge is 2.25. The van der Waals surface area contributed by atoms with Crippen LogP contribution in [0.5, 0.6) is 0 Å². The van der Waals surface area contributed by atoms with Crippen LogP contribution in [0.2, 0.25) is 0 Å². The maximum absolute atomic E-state index is 4.42. The van der Waals surface area contributed by atoms with Crippen molar-refractivity contribution in [3.63, 3.8) is 0 Å². The second kappa shape index (κ2) is 5.69. The first-order valence-electron chi connectivity index (χ1n) is 5.97. The molecule has 2 unspecified atom stereocenters. The minimum atomic E-state index is 0.679. The van der Waals surface area contributed by atoms with Crippen molar-refractivity contribution in [3.8, 4) is 0 Å². The first-order valence-corrected chi connectivity index (χ1v) is 7.26. The van der Waals surface area contributed by atoms with Gasteiger partial charge >= 0.3 is 0 Å². The van der Waals surface area contributed by atoms with Crippen LogP contribution < -0.4 is 5.32 Å². The van der Waals surface area contributed by atoms with Crippen LogP contribution in [0.3, 0.4) is 0 Å². The Morgan fingerprint density at radius 1 is 1.44 bits per heavy atom. The number of hydrogen-bond donors (Lipinski definition) is 1. The lowest BCUT2D eigenvalue weighted by Crippen LogP contribution is -2.33. The second-order valence-electron chi connectivity index (χ2n) is 4.52. The summed E-state index contributed by atoms with van der Waals surface area (Å²) in [6, 6.07) is 4.92. The lowest BCUT2D eigenvalue weighted by molar-refractivity contribution is 0.527. The van der Waals surface area contributed by atoms with Crippen LogP contribution in [-0.2, 0) is 6.54 Å². The summed E-state index contributed by atoms with van der Waals surface area (Å²) < 4.78 is 0. The van der Waals surface area contributed by atoms with Gasteiger partial charge in [0, 0.05) is 24.0 Å². The van der Waals surface area contributed by atoms with Gasteiger partial charge in [-0.25, -0.2) is 0 Å². The Bertz CT molecular complexity index is 323. The molecule has 2 atom stereocenters. The van der Waals surface area contributed by atoms with Crippen LogP contribution in [-0.4, -0.2) is 22.5 Å². The molecule has 1 N–H and O–H groups in total. The number of rotatable bonds is 4. The van der Waals surface area contributed by atoms with E-state index in [4.69, 9.17) is 0 Å². The third-order valence-corrected chi connectivity index (χ3v) is 4.44. The molecule has 1 aromatic rings. The Balaban J connectivity index is 1.85. The molecule has 1 heterocycles. The Kier molecular flexibility index (Phi) is 4.24. The van der Waals surface area contributed by atoms with Crippen molar-refractivity contribution in [2.75, 3.05) is 6.26 Å². The van der Waals surface area contributed by atoms with Crippen LogP contribution in [0, 0.1) is 6.92 Å². The minimum Gasteiger partial charge on any atom is -0.307 e. The number of thioether (sulfide) groups is 1. The summed E-state index contributed by atoms with van der Waals surface area (Å²) in [6.07, 6.45) is 8.20. The zero-order valence-corrected chi connectivity index (χ0v) is 10.9. The van der Waals surface area contributed by atoms with Gasteiger partial charge in [0.1, 0.15) is 0 Å². The Morgan fingerprint density at radius 3 is 3.00 bits per heavy atom. The molecule has 1 aliphatic rings. The monoisotopic (exact) mass is 236 g/mol. The van der Waals surface area contributed by atoms with Crippen LogP contribution in [0.4, 0.5) is 0 Å². The Morgan fingerprint density at radius 2 is 2.31 bits per heavy atom. The molecular formula is C13H20N2S. The summed E-state index contributed by atoms with van der Waals surface area (Å²) in [5.41, 5.74) is 2.38. The normalized spacial score (nSPS) is 24.9. The van der Waals surface area contributed by atoms with Gasteiger partial charge in [0.2, 0.25) is 0 Å². The molecule has 0 radical (unpaired) electrons. The van der Waals surface area contributed by atoms with E-state index in [1.807, 2.05) is 18.0 Å². The fraction of sp³-hybridized carbons (Fsp3) is 0.615. The molecule has 1 saturated carbocycles. The number of hydrogen-bond acceptors (Lipinski definition) is 3. The van der Waals surface area contributed by atoms with E-state index in [9.17, 15) is 0 Å². The van der Waals surface area contributed by atoms with Crippen LogP contribution in [0.15, 0.2) is 18.3 Å². The third kappa shape index (κ3) is 2.98. The molecule has 2 rings (SSSR count). The average Bonchev–Trinajstić information content (AvgIpc) is 2.76. The zero-order chi connectivity index (χ0) is 11.4. The zero-order valence-electron chi connectivity index (χ0n) is 10.1. The van der Waals surface area contributed by atoms with E-state index in [1.165, 1.54) is 24.8 Å². The highest BCUT2D eigenvalue weighted by molar-refractivity contribution is 7.99. The van der Waals surface area contributed by atoms with Gasteiger partial charge in [-0.3, -0.25) is 4.98 Å². The van der Waals surface area contributed by atoms with Gasteiger partial charge in [0.25, 0.3) is 0 Å². The molecule has 0 aliphatic heterocycles. The average molecular weight is 236 g/mol. The van der Waals surface area contributed by atoms with Gasteiger partial charge < -0.3 is 5.32 Å². The maximum Gasteiger partial charge on any atom is 0.0541 e. The van der Waals surface area contributed by atoms with Crippen molar-refractivity contribution >= 4 is 11.8 Å². The Labute approximate surface area is 102 Å². The molecule has 0 amide bonds.